The Balaban J connectivity index is 3.41. The Morgan fingerprint density at radius 3 is 2.00 bits per heavy atom. The smallest absolute Gasteiger partial charge is 0.337 e. The van der Waals surface area contributed by atoms with Gasteiger partial charge in [0.05, 0.1) is 21.2 Å². The third-order valence-corrected chi connectivity index (χ3v) is 2.46. The number of nitrogens with two attached hydrogens (primary N) is 1. The van der Waals surface area contributed by atoms with Crippen LogP contribution in [-0.4, -0.2) is 17.0 Å². The van der Waals surface area contributed by atoms with Gasteiger partial charge in [-0.25, -0.2) is 4.79 Å². The Morgan fingerprint density at radius 1 is 1.14 bits per heavy atom. The molecule has 14 heavy (non-hydrogen) atoms. The summed E-state index contributed by atoms with van der Waals surface area (Å²) in [7, 11) is 0. The average Bonchev–Trinajstić information content (AvgIpc) is 2.08. The van der Waals surface area contributed by atoms with E-state index in [1.807, 2.05) is 0 Å². The second kappa shape index (κ2) is 3.86. The second-order valence-corrected chi connectivity index (χ2v) is 3.21. The van der Waals surface area contributed by atoms with E-state index in [2.05, 4.69) is 0 Å². The number of benzene rings is 1. The molecular formula is C8H5Cl2NO3. The minimum absolute atomic E-state index is 0.00154. The minimum Gasteiger partial charge on any atom is -0.478 e. The fourth-order valence-corrected chi connectivity index (χ4v) is 1.41. The molecule has 0 aliphatic rings. The second-order valence-electron chi connectivity index (χ2n) is 2.46. The van der Waals surface area contributed by atoms with Gasteiger partial charge in [0.25, 0.3) is 0 Å². The molecule has 1 aromatic rings. The van der Waals surface area contributed by atoms with E-state index in [4.69, 9.17) is 34.0 Å². The Morgan fingerprint density at radius 2 is 1.57 bits per heavy atom. The lowest BCUT2D eigenvalue weighted by Gasteiger charge is -2.04. The molecule has 0 unspecified atom stereocenters. The molecule has 3 N–H and O–H groups in total. The monoisotopic (exact) mass is 233 g/mol. The van der Waals surface area contributed by atoms with E-state index >= 15 is 0 Å². The van der Waals surface area contributed by atoms with Crippen molar-refractivity contribution in [2.75, 3.05) is 0 Å². The van der Waals surface area contributed by atoms with Crippen molar-refractivity contribution in [2.45, 2.75) is 0 Å². The number of carbonyl (C=O) groups excluding carboxylic acids is 1. The molecule has 1 rings (SSSR count). The van der Waals surface area contributed by atoms with Crippen LogP contribution < -0.4 is 5.73 Å². The number of hydrogen-bond acceptors (Lipinski definition) is 2. The Bertz CT molecular complexity index is 378. The molecule has 1 amide bonds. The van der Waals surface area contributed by atoms with Crippen LogP contribution in [0, 0.1) is 0 Å². The van der Waals surface area contributed by atoms with Gasteiger partial charge < -0.3 is 10.8 Å². The van der Waals surface area contributed by atoms with E-state index in [0.29, 0.717) is 0 Å². The van der Waals surface area contributed by atoms with Crippen LogP contribution in [0.3, 0.4) is 0 Å². The predicted octanol–water partition coefficient (Wildman–Crippen LogP) is 1.79. The standard InChI is InChI=1S/C8H5Cl2NO3/c9-5-3(7(11)12)1-2-4(6(5)10)8(13)14/h1-2H,(H2,11,12)(H,13,14). The first-order chi connectivity index (χ1) is 6.45. The Hall–Kier alpha value is -1.26. The van der Waals surface area contributed by atoms with Crippen LogP contribution in [-0.2, 0) is 0 Å². The number of carbonyl (C=O) groups is 2. The first kappa shape index (κ1) is 10.8. The van der Waals surface area contributed by atoms with E-state index in [-0.39, 0.29) is 21.2 Å². The molecular weight excluding hydrogens is 229 g/mol. The molecule has 0 saturated carbocycles. The first-order valence-corrected chi connectivity index (χ1v) is 4.22. The van der Waals surface area contributed by atoms with Gasteiger partial charge in [-0.15, -0.1) is 0 Å². The summed E-state index contributed by atoms with van der Waals surface area (Å²) in [5.41, 5.74) is 4.82. The molecule has 0 spiro atoms. The molecule has 0 atom stereocenters. The van der Waals surface area contributed by atoms with Crippen LogP contribution in [0.2, 0.25) is 10.0 Å². The van der Waals surface area contributed by atoms with Gasteiger partial charge in [-0.3, -0.25) is 4.79 Å². The van der Waals surface area contributed by atoms with Gasteiger partial charge in [0.1, 0.15) is 0 Å². The molecule has 1 aromatic carbocycles. The van der Waals surface area contributed by atoms with Crippen molar-refractivity contribution in [3.05, 3.63) is 33.3 Å². The maximum atomic E-state index is 10.8. The number of aromatic carboxylic acids is 1. The van der Waals surface area contributed by atoms with Gasteiger partial charge in [0.15, 0.2) is 0 Å². The summed E-state index contributed by atoms with van der Waals surface area (Å²) in [6.45, 7) is 0. The highest BCUT2D eigenvalue weighted by Gasteiger charge is 2.16. The predicted molar refractivity (Wildman–Crippen MR) is 51.9 cm³/mol. The number of carboxylic acid groups (broad SMARTS) is 1. The molecule has 4 nitrogen and oxygen atoms in total. The summed E-state index contributed by atoms with van der Waals surface area (Å²) >= 11 is 11.3. The topological polar surface area (TPSA) is 80.4 Å². The van der Waals surface area contributed by atoms with Crippen molar-refractivity contribution in [3.63, 3.8) is 0 Å². The lowest BCUT2D eigenvalue weighted by molar-refractivity contribution is 0.0696. The highest BCUT2D eigenvalue weighted by atomic mass is 35.5. The molecule has 0 fully saturated rings. The van der Waals surface area contributed by atoms with Crippen LogP contribution in [0.1, 0.15) is 20.7 Å². The summed E-state index contributed by atoms with van der Waals surface area (Å²) < 4.78 is 0. The molecule has 74 valence electrons. The average molecular weight is 234 g/mol. The zero-order valence-corrected chi connectivity index (χ0v) is 8.26. The molecule has 0 heterocycles. The summed E-state index contributed by atoms with van der Waals surface area (Å²) in [4.78, 5) is 21.4. The largest absolute Gasteiger partial charge is 0.478 e. The lowest BCUT2D eigenvalue weighted by Crippen LogP contribution is -2.12. The van der Waals surface area contributed by atoms with Gasteiger partial charge in [-0.05, 0) is 12.1 Å². The van der Waals surface area contributed by atoms with E-state index in [1.165, 1.54) is 12.1 Å². The Kier molecular flexibility index (Phi) is 2.98. The summed E-state index contributed by atoms with van der Waals surface area (Å²) in [5.74, 6) is -1.97. The maximum absolute atomic E-state index is 10.8. The van der Waals surface area contributed by atoms with Gasteiger partial charge in [-0.2, -0.15) is 0 Å². The normalized spacial score (nSPS) is 9.86. The fourth-order valence-electron chi connectivity index (χ4n) is 0.905. The molecule has 0 bridgehead atoms. The quantitative estimate of drug-likeness (QED) is 0.818. The van der Waals surface area contributed by atoms with Crippen LogP contribution >= 0.6 is 23.2 Å². The number of amides is 1. The molecule has 0 radical (unpaired) electrons. The SMILES string of the molecule is NC(=O)c1ccc(C(=O)O)c(Cl)c1Cl. The van der Waals surface area contributed by atoms with Crippen molar-refractivity contribution in [1.29, 1.82) is 0 Å². The number of carboxylic acids is 1. The number of primary amides is 1. The van der Waals surface area contributed by atoms with Gasteiger partial charge in [0, 0.05) is 0 Å². The van der Waals surface area contributed by atoms with Crippen molar-refractivity contribution in [3.8, 4) is 0 Å². The van der Waals surface area contributed by atoms with E-state index in [9.17, 15) is 9.59 Å². The van der Waals surface area contributed by atoms with Gasteiger partial charge in [-0.1, -0.05) is 23.2 Å². The number of hydrogen-bond donors (Lipinski definition) is 2. The maximum Gasteiger partial charge on any atom is 0.337 e. The van der Waals surface area contributed by atoms with E-state index in [1.54, 1.807) is 0 Å². The number of rotatable bonds is 2. The zero-order valence-electron chi connectivity index (χ0n) is 6.75. The van der Waals surface area contributed by atoms with Crippen LogP contribution in [0.5, 0.6) is 0 Å². The zero-order chi connectivity index (χ0) is 10.9. The molecule has 0 saturated heterocycles. The van der Waals surface area contributed by atoms with Crippen molar-refractivity contribution < 1.29 is 14.7 Å². The van der Waals surface area contributed by atoms with Gasteiger partial charge in [0.2, 0.25) is 5.91 Å². The summed E-state index contributed by atoms with van der Waals surface area (Å²) in [6, 6.07) is 2.40. The van der Waals surface area contributed by atoms with E-state index in [0.717, 1.165) is 0 Å². The highest BCUT2D eigenvalue weighted by molar-refractivity contribution is 6.45. The van der Waals surface area contributed by atoms with Gasteiger partial charge >= 0.3 is 5.97 Å². The van der Waals surface area contributed by atoms with Crippen LogP contribution in [0.15, 0.2) is 12.1 Å². The van der Waals surface area contributed by atoms with Crippen LogP contribution in [0.25, 0.3) is 0 Å². The first-order valence-electron chi connectivity index (χ1n) is 3.46. The highest BCUT2D eigenvalue weighted by Crippen LogP contribution is 2.29. The fraction of sp³-hybridized carbons (Fsp3) is 0. The molecule has 0 aliphatic heterocycles. The molecule has 0 aliphatic carbocycles. The minimum atomic E-state index is -1.21. The summed E-state index contributed by atoms with van der Waals surface area (Å²) in [5, 5.41) is 8.34. The summed E-state index contributed by atoms with van der Waals surface area (Å²) in [6.07, 6.45) is 0. The van der Waals surface area contributed by atoms with Crippen molar-refractivity contribution in [2.24, 2.45) is 5.73 Å². The molecule has 6 heteroatoms. The van der Waals surface area contributed by atoms with E-state index < -0.39 is 11.9 Å². The van der Waals surface area contributed by atoms with Crippen molar-refractivity contribution in [1.82, 2.24) is 0 Å². The van der Waals surface area contributed by atoms with Crippen LogP contribution in [0.4, 0.5) is 0 Å². The molecule has 0 aromatic heterocycles. The number of halogens is 2. The lowest BCUT2D eigenvalue weighted by atomic mass is 10.1. The Labute approximate surface area is 89.2 Å². The third-order valence-electron chi connectivity index (χ3n) is 1.58. The third kappa shape index (κ3) is 1.81. The van der Waals surface area contributed by atoms with Crippen molar-refractivity contribution >= 4 is 35.1 Å².